The van der Waals surface area contributed by atoms with Crippen molar-refractivity contribution >= 4 is 23.2 Å². The second kappa shape index (κ2) is 5.58. The molecule has 5 nitrogen and oxygen atoms in total. The third-order valence-electron chi connectivity index (χ3n) is 5.48. The Hall–Kier alpha value is -1.43. The number of aryl methyl sites for hydroxylation is 1. The number of nitrogens with zero attached hydrogens (tertiary/aromatic N) is 3. The lowest BCUT2D eigenvalue weighted by Crippen LogP contribution is -2.51. The lowest BCUT2D eigenvalue weighted by molar-refractivity contribution is -0.145. The van der Waals surface area contributed by atoms with Gasteiger partial charge in [-0.3, -0.25) is 9.59 Å². The van der Waals surface area contributed by atoms with Gasteiger partial charge in [-0.15, -0.1) is 11.3 Å². The lowest BCUT2D eigenvalue weighted by atomic mass is 9.78. The van der Waals surface area contributed by atoms with Crippen LogP contribution < -0.4 is 0 Å². The Morgan fingerprint density at radius 1 is 1.39 bits per heavy atom. The van der Waals surface area contributed by atoms with Gasteiger partial charge < -0.3 is 9.80 Å². The van der Waals surface area contributed by atoms with Crippen LogP contribution in [0.1, 0.15) is 47.6 Å². The number of thiazole rings is 1. The van der Waals surface area contributed by atoms with Crippen LogP contribution >= 0.6 is 11.3 Å². The van der Waals surface area contributed by atoms with Gasteiger partial charge in [0.2, 0.25) is 5.91 Å². The molecule has 1 aromatic rings. The van der Waals surface area contributed by atoms with E-state index in [1.807, 2.05) is 17.2 Å². The van der Waals surface area contributed by atoms with Crippen LogP contribution in [0, 0.1) is 18.3 Å². The molecule has 0 aromatic carbocycles. The van der Waals surface area contributed by atoms with Crippen LogP contribution in [0.3, 0.4) is 0 Å². The van der Waals surface area contributed by atoms with Crippen LogP contribution in [0.25, 0.3) is 0 Å². The zero-order valence-electron chi connectivity index (χ0n) is 13.6. The van der Waals surface area contributed by atoms with Crippen LogP contribution in [0.5, 0.6) is 0 Å². The molecule has 2 aliphatic heterocycles. The van der Waals surface area contributed by atoms with Crippen LogP contribution in [-0.2, 0) is 4.79 Å². The fourth-order valence-corrected chi connectivity index (χ4v) is 4.57. The van der Waals surface area contributed by atoms with E-state index in [1.54, 1.807) is 0 Å². The second-order valence-corrected chi connectivity index (χ2v) is 8.37. The van der Waals surface area contributed by atoms with Crippen molar-refractivity contribution < 1.29 is 9.59 Å². The summed E-state index contributed by atoms with van der Waals surface area (Å²) in [5.74, 6) is 1.00. The molecule has 23 heavy (non-hydrogen) atoms. The highest BCUT2D eigenvalue weighted by Gasteiger charge is 2.50. The van der Waals surface area contributed by atoms with Crippen LogP contribution in [0.15, 0.2) is 5.38 Å². The van der Waals surface area contributed by atoms with Crippen molar-refractivity contribution in [3.63, 3.8) is 0 Å². The zero-order chi connectivity index (χ0) is 16.0. The first kappa shape index (κ1) is 15.1. The lowest BCUT2D eigenvalue weighted by Gasteiger charge is -2.39. The van der Waals surface area contributed by atoms with Crippen LogP contribution in [0.4, 0.5) is 0 Å². The van der Waals surface area contributed by atoms with Crippen molar-refractivity contribution in [3.05, 3.63) is 16.1 Å². The van der Waals surface area contributed by atoms with Gasteiger partial charge in [-0.1, -0.05) is 0 Å². The number of aromatic nitrogens is 1. The number of hydrogen-bond donors (Lipinski definition) is 0. The molecule has 6 heteroatoms. The highest BCUT2D eigenvalue weighted by molar-refractivity contribution is 7.09. The molecule has 1 aliphatic carbocycles. The number of rotatable bonds is 3. The number of likely N-dealkylation sites (tertiary alicyclic amines) is 2. The maximum absolute atomic E-state index is 13.0. The molecule has 4 rings (SSSR count). The molecule has 3 heterocycles. The van der Waals surface area contributed by atoms with E-state index in [1.165, 1.54) is 24.2 Å². The Morgan fingerprint density at radius 3 is 2.91 bits per heavy atom. The van der Waals surface area contributed by atoms with Gasteiger partial charge in [-0.05, 0) is 44.9 Å². The number of carbonyl (C=O) groups excluding carboxylic acids is 2. The van der Waals surface area contributed by atoms with Gasteiger partial charge in [0.15, 0.2) is 0 Å². The number of amides is 2. The molecule has 0 radical (unpaired) electrons. The van der Waals surface area contributed by atoms with Gasteiger partial charge >= 0.3 is 0 Å². The minimum Gasteiger partial charge on any atom is -0.342 e. The van der Waals surface area contributed by atoms with Crippen molar-refractivity contribution in [1.82, 2.24) is 14.8 Å². The average Bonchev–Trinajstić information content (AvgIpc) is 3.08. The molecule has 1 saturated carbocycles. The van der Waals surface area contributed by atoms with Gasteiger partial charge in [-0.25, -0.2) is 4.98 Å². The minimum atomic E-state index is -0.326. The van der Waals surface area contributed by atoms with Gasteiger partial charge in [0.25, 0.3) is 5.91 Å². The Balaban J connectivity index is 1.47. The topological polar surface area (TPSA) is 53.5 Å². The summed E-state index contributed by atoms with van der Waals surface area (Å²) in [6, 6.07) is 0. The van der Waals surface area contributed by atoms with E-state index in [9.17, 15) is 9.59 Å². The van der Waals surface area contributed by atoms with Crippen molar-refractivity contribution in [2.75, 3.05) is 26.2 Å². The Morgan fingerprint density at radius 2 is 2.22 bits per heavy atom. The highest BCUT2D eigenvalue weighted by atomic mass is 32.1. The van der Waals surface area contributed by atoms with Gasteiger partial charge in [0.05, 0.1) is 10.4 Å². The molecular weight excluding hydrogens is 310 g/mol. The number of piperidine rings is 1. The minimum absolute atomic E-state index is 0.0154. The molecule has 1 atom stereocenters. The SMILES string of the molecule is Cc1nc(C(=O)N2CC[C@]3(CCCN(CC4CC4)C3=O)C2)cs1. The van der Waals surface area contributed by atoms with E-state index in [2.05, 4.69) is 9.88 Å². The molecule has 0 unspecified atom stereocenters. The summed E-state index contributed by atoms with van der Waals surface area (Å²) in [5, 5.41) is 2.73. The van der Waals surface area contributed by atoms with E-state index in [-0.39, 0.29) is 11.3 Å². The Bertz CT molecular complexity index is 640. The standard InChI is InChI=1S/C17H23N3O2S/c1-12-18-14(10-23-12)15(21)20-8-6-17(11-20)5-2-7-19(16(17)22)9-13-3-4-13/h10,13H,2-9,11H2,1H3/t17-/m1/s1. The molecule has 1 spiro atoms. The fourth-order valence-electron chi connectivity index (χ4n) is 3.99. The summed E-state index contributed by atoms with van der Waals surface area (Å²) >= 11 is 1.50. The third-order valence-corrected chi connectivity index (χ3v) is 6.25. The molecular formula is C17H23N3O2S. The molecule has 2 amide bonds. The molecule has 3 fully saturated rings. The fraction of sp³-hybridized carbons (Fsp3) is 0.706. The molecule has 0 N–H and O–H groups in total. The number of carbonyl (C=O) groups is 2. The van der Waals surface area contributed by atoms with Gasteiger partial charge in [0, 0.05) is 31.6 Å². The first-order valence-electron chi connectivity index (χ1n) is 8.58. The van der Waals surface area contributed by atoms with Crippen molar-refractivity contribution in [3.8, 4) is 0 Å². The van der Waals surface area contributed by atoms with Crippen molar-refractivity contribution in [2.24, 2.45) is 11.3 Å². The molecule has 3 aliphatic rings. The highest BCUT2D eigenvalue weighted by Crippen LogP contribution is 2.42. The van der Waals surface area contributed by atoms with Gasteiger partial charge in [0.1, 0.15) is 5.69 Å². The van der Waals surface area contributed by atoms with Crippen LogP contribution in [-0.4, -0.2) is 52.8 Å². The molecule has 2 saturated heterocycles. The summed E-state index contributed by atoms with van der Waals surface area (Å²) in [7, 11) is 0. The third kappa shape index (κ3) is 2.77. The van der Waals surface area contributed by atoms with E-state index in [0.717, 1.165) is 43.3 Å². The number of hydrogen-bond acceptors (Lipinski definition) is 4. The van der Waals surface area contributed by atoms with Crippen LogP contribution in [0.2, 0.25) is 0 Å². The summed E-state index contributed by atoms with van der Waals surface area (Å²) in [5.41, 5.74) is 0.205. The molecule has 124 valence electrons. The van der Waals surface area contributed by atoms with Gasteiger partial charge in [-0.2, -0.15) is 0 Å². The summed E-state index contributed by atoms with van der Waals surface area (Å²) in [6.45, 7) is 4.99. The van der Waals surface area contributed by atoms with E-state index < -0.39 is 0 Å². The summed E-state index contributed by atoms with van der Waals surface area (Å²) in [4.78, 5) is 33.8. The van der Waals surface area contributed by atoms with E-state index in [4.69, 9.17) is 0 Å². The monoisotopic (exact) mass is 333 g/mol. The maximum atomic E-state index is 13.0. The normalized spacial score (nSPS) is 28.0. The largest absolute Gasteiger partial charge is 0.342 e. The van der Waals surface area contributed by atoms with E-state index >= 15 is 0 Å². The summed E-state index contributed by atoms with van der Waals surface area (Å²) in [6.07, 6.45) is 5.33. The smallest absolute Gasteiger partial charge is 0.273 e. The second-order valence-electron chi connectivity index (χ2n) is 7.31. The average molecular weight is 333 g/mol. The maximum Gasteiger partial charge on any atom is 0.273 e. The predicted octanol–water partition coefficient (Wildman–Crippen LogP) is 2.32. The quantitative estimate of drug-likeness (QED) is 0.853. The van der Waals surface area contributed by atoms with E-state index in [0.29, 0.717) is 24.7 Å². The zero-order valence-corrected chi connectivity index (χ0v) is 14.4. The van der Waals surface area contributed by atoms with Crippen molar-refractivity contribution in [1.29, 1.82) is 0 Å². The summed E-state index contributed by atoms with van der Waals surface area (Å²) < 4.78 is 0. The Labute approximate surface area is 140 Å². The first-order chi connectivity index (χ1) is 11.1. The predicted molar refractivity (Wildman–Crippen MR) is 88.3 cm³/mol. The molecule has 0 bridgehead atoms. The van der Waals surface area contributed by atoms with Crippen molar-refractivity contribution in [2.45, 2.75) is 39.0 Å². The first-order valence-corrected chi connectivity index (χ1v) is 9.46. The molecule has 1 aromatic heterocycles. The Kier molecular flexibility index (Phi) is 3.67.